The topological polar surface area (TPSA) is 18.5 Å². The number of hydrogen-bond acceptors (Lipinski definition) is 2. The summed E-state index contributed by atoms with van der Waals surface area (Å²) in [6.07, 6.45) is 1.40. The molecule has 4 aromatic rings. The molecule has 0 N–H and O–H groups in total. The Balaban J connectivity index is 1.65. The molecule has 0 aliphatic heterocycles. The van der Waals surface area contributed by atoms with E-state index in [0.717, 1.165) is 11.1 Å². The van der Waals surface area contributed by atoms with Gasteiger partial charge in [-0.3, -0.25) is 0 Å². The highest BCUT2D eigenvalue weighted by molar-refractivity contribution is 5.28. The molecule has 2 unspecified atom stereocenters. The van der Waals surface area contributed by atoms with Gasteiger partial charge in [-0.25, -0.2) is 9.78 Å². The van der Waals surface area contributed by atoms with Gasteiger partial charge in [-0.1, -0.05) is 121 Å². The zero-order chi connectivity index (χ0) is 22.3. The van der Waals surface area contributed by atoms with Crippen LogP contribution < -0.4 is 0 Å². The molecule has 0 amide bonds. The highest BCUT2D eigenvalue weighted by Gasteiger charge is 2.36. The lowest BCUT2D eigenvalue weighted by Gasteiger charge is -2.36. The Morgan fingerprint density at radius 3 is 1.03 bits per heavy atom. The first kappa shape index (κ1) is 22.0. The van der Waals surface area contributed by atoms with E-state index in [9.17, 15) is 0 Å². The van der Waals surface area contributed by atoms with Crippen LogP contribution in [-0.2, 0) is 33.8 Å². The van der Waals surface area contributed by atoms with Gasteiger partial charge in [0.1, 0.15) is 11.2 Å². The molecule has 0 radical (unpaired) electrons. The Kier molecular flexibility index (Phi) is 6.84. The Morgan fingerprint density at radius 1 is 0.438 bits per heavy atom. The third-order valence-corrected chi connectivity index (χ3v) is 5.95. The maximum atomic E-state index is 6.41. The quantitative estimate of drug-likeness (QED) is 0.209. The van der Waals surface area contributed by atoms with Crippen LogP contribution in [0, 0.1) is 0 Å². The molecule has 0 aromatic heterocycles. The molecule has 162 valence electrons. The molecule has 32 heavy (non-hydrogen) atoms. The maximum Gasteiger partial charge on any atom is 0.130 e. The number of benzene rings is 4. The van der Waals surface area contributed by atoms with Crippen molar-refractivity contribution in [2.45, 2.75) is 37.9 Å². The first-order valence-electron chi connectivity index (χ1n) is 11.1. The normalized spacial score (nSPS) is 14.9. The minimum atomic E-state index is -0.644. The Labute approximate surface area is 191 Å². The molecular weight excluding hydrogens is 392 g/mol. The third kappa shape index (κ3) is 5.34. The van der Waals surface area contributed by atoms with Crippen LogP contribution in [0.5, 0.6) is 0 Å². The molecule has 4 aromatic carbocycles. The molecule has 0 spiro atoms. The van der Waals surface area contributed by atoms with Crippen LogP contribution in [0.25, 0.3) is 0 Å². The van der Waals surface area contributed by atoms with Crippen LogP contribution in [-0.4, -0.2) is 0 Å². The molecule has 0 aliphatic rings. The van der Waals surface area contributed by atoms with E-state index < -0.39 is 11.2 Å². The van der Waals surface area contributed by atoms with Crippen molar-refractivity contribution in [2.75, 3.05) is 0 Å². The van der Waals surface area contributed by atoms with Gasteiger partial charge < -0.3 is 0 Å². The summed E-state index contributed by atoms with van der Waals surface area (Å²) >= 11 is 0. The molecule has 2 heteroatoms. The summed E-state index contributed by atoms with van der Waals surface area (Å²) in [5, 5.41) is 0. The highest BCUT2D eigenvalue weighted by Crippen LogP contribution is 2.36. The molecule has 0 fully saturated rings. The average Bonchev–Trinajstić information content (AvgIpc) is 2.85. The van der Waals surface area contributed by atoms with Crippen LogP contribution in [0.15, 0.2) is 121 Å². The maximum absolute atomic E-state index is 6.41. The summed E-state index contributed by atoms with van der Waals surface area (Å²) < 4.78 is 0. The minimum Gasteiger partial charge on any atom is -0.224 e. The van der Waals surface area contributed by atoms with E-state index in [1.807, 2.05) is 48.5 Å². The monoisotopic (exact) mass is 422 g/mol. The fourth-order valence-corrected chi connectivity index (χ4v) is 4.10. The predicted molar refractivity (Wildman–Crippen MR) is 130 cm³/mol. The van der Waals surface area contributed by atoms with Gasteiger partial charge in [0.2, 0.25) is 0 Å². The van der Waals surface area contributed by atoms with Gasteiger partial charge >= 0.3 is 0 Å². The van der Waals surface area contributed by atoms with Gasteiger partial charge in [0.05, 0.1) is 0 Å². The van der Waals surface area contributed by atoms with E-state index in [4.69, 9.17) is 9.78 Å². The zero-order valence-electron chi connectivity index (χ0n) is 18.8. The largest absolute Gasteiger partial charge is 0.224 e. The van der Waals surface area contributed by atoms with Crippen LogP contribution in [0.4, 0.5) is 0 Å². The second-order valence-corrected chi connectivity index (χ2v) is 8.69. The molecule has 4 rings (SSSR count). The molecule has 0 bridgehead atoms. The molecule has 0 aliphatic carbocycles. The lowest BCUT2D eigenvalue weighted by Crippen LogP contribution is -2.36. The van der Waals surface area contributed by atoms with Gasteiger partial charge in [0.15, 0.2) is 0 Å². The molecule has 2 atom stereocenters. The summed E-state index contributed by atoms with van der Waals surface area (Å²) in [4.78, 5) is 12.8. The van der Waals surface area contributed by atoms with E-state index in [1.54, 1.807) is 0 Å². The Morgan fingerprint density at radius 2 is 0.719 bits per heavy atom. The van der Waals surface area contributed by atoms with Crippen LogP contribution in [0.2, 0.25) is 0 Å². The molecule has 0 saturated heterocycles. The van der Waals surface area contributed by atoms with Crippen molar-refractivity contribution in [3.05, 3.63) is 144 Å². The van der Waals surface area contributed by atoms with E-state index in [-0.39, 0.29) is 0 Å². The van der Waals surface area contributed by atoms with E-state index in [0.29, 0.717) is 12.8 Å². The van der Waals surface area contributed by atoms with Crippen molar-refractivity contribution in [1.82, 2.24) is 0 Å². The van der Waals surface area contributed by atoms with Crippen molar-refractivity contribution in [1.29, 1.82) is 0 Å². The standard InChI is InChI=1S/C30H30O2/c1-29(27-19-11-5-12-20-27,23-25-15-7-3-8-16-25)31-32-30(2,28-21-13-6-14-22-28)24-26-17-9-4-10-18-26/h3-22H,23-24H2,1-2H3. The SMILES string of the molecule is CC(Cc1ccccc1)(OOC(C)(Cc1ccccc1)c1ccccc1)c1ccccc1. The van der Waals surface area contributed by atoms with Gasteiger partial charge in [0.25, 0.3) is 0 Å². The summed E-state index contributed by atoms with van der Waals surface area (Å²) in [6, 6.07) is 41.5. The second-order valence-electron chi connectivity index (χ2n) is 8.69. The van der Waals surface area contributed by atoms with Crippen molar-refractivity contribution in [3.63, 3.8) is 0 Å². The minimum absolute atomic E-state index is 0.644. The second kappa shape index (κ2) is 9.95. The molecule has 2 nitrogen and oxygen atoms in total. The van der Waals surface area contributed by atoms with Gasteiger partial charge in [-0.15, -0.1) is 0 Å². The Bertz CT molecular complexity index is 990. The van der Waals surface area contributed by atoms with Gasteiger partial charge in [-0.2, -0.15) is 0 Å². The third-order valence-electron chi connectivity index (χ3n) is 5.95. The summed E-state index contributed by atoms with van der Waals surface area (Å²) in [5.74, 6) is 0. The van der Waals surface area contributed by atoms with Crippen molar-refractivity contribution in [3.8, 4) is 0 Å². The van der Waals surface area contributed by atoms with Gasteiger partial charge in [0, 0.05) is 12.8 Å². The highest BCUT2D eigenvalue weighted by atomic mass is 17.2. The summed E-state index contributed by atoms with van der Waals surface area (Å²) in [6.45, 7) is 4.20. The van der Waals surface area contributed by atoms with E-state index >= 15 is 0 Å². The smallest absolute Gasteiger partial charge is 0.130 e. The molecular formula is C30H30O2. The average molecular weight is 423 g/mol. The van der Waals surface area contributed by atoms with Crippen LogP contribution in [0.3, 0.4) is 0 Å². The fourth-order valence-electron chi connectivity index (χ4n) is 4.10. The van der Waals surface area contributed by atoms with Crippen molar-refractivity contribution in [2.24, 2.45) is 0 Å². The number of hydrogen-bond donors (Lipinski definition) is 0. The Hall–Kier alpha value is -3.20. The van der Waals surface area contributed by atoms with E-state index in [2.05, 4.69) is 86.6 Å². The first-order valence-corrected chi connectivity index (χ1v) is 11.1. The van der Waals surface area contributed by atoms with Crippen LogP contribution in [0.1, 0.15) is 36.1 Å². The fraction of sp³-hybridized carbons (Fsp3) is 0.200. The first-order chi connectivity index (χ1) is 15.6. The van der Waals surface area contributed by atoms with Crippen LogP contribution >= 0.6 is 0 Å². The summed E-state index contributed by atoms with van der Waals surface area (Å²) in [7, 11) is 0. The van der Waals surface area contributed by atoms with Crippen molar-refractivity contribution >= 4 is 0 Å². The lowest BCUT2D eigenvalue weighted by atomic mass is 9.88. The molecule has 0 saturated carbocycles. The predicted octanol–water partition coefficient (Wildman–Crippen LogP) is 7.25. The number of rotatable bonds is 9. The van der Waals surface area contributed by atoms with E-state index in [1.165, 1.54) is 11.1 Å². The lowest BCUT2D eigenvalue weighted by molar-refractivity contribution is -0.417. The molecule has 0 heterocycles. The van der Waals surface area contributed by atoms with Crippen molar-refractivity contribution < 1.29 is 9.78 Å². The summed E-state index contributed by atoms with van der Waals surface area (Å²) in [5.41, 5.74) is 3.28. The zero-order valence-corrected chi connectivity index (χ0v) is 18.8. The van der Waals surface area contributed by atoms with Gasteiger partial charge in [-0.05, 0) is 36.1 Å².